The van der Waals surface area contributed by atoms with Crippen molar-refractivity contribution >= 4 is 23.6 Å². The molecule has 1 aliphatic rings. The van der Waals surface area contributed by atoms with E-state index >= 15 is 0 Å². The third-order valence-corrected chi connectivity index (χ3v) is 5.93. The highest BCUT2D eigenvalue weighted by Gasteiger charge is 2.32. The van der Waals surface area contributed by atoms with Crippen molar-refractivity contribution in [3.63, 3.8) is 0 Å². The molecule has 0 radical (unpaired) electrons. The van der Waals surface area contributed by atoms with Crippen molar-refractivity contribution in [2.75, 3.05) is 0 Å². The van der Waals surface area contributed by atoms with Crippen molar-refractivity contribution in [1.82, 2.24) is 15.1 Å². The number of hydrogen-bond donors (Lipinski definition) is 0. The van der Waals surface area contributed by atoms with Crippen LogP contribution >= 0.6 is 11.6 Å². The summed E-state index contributed by atoms with van der Waals surface area (Å²) in [6.07, 6.45) is 5.36. The summed E-state index contributed by atoms with van der Waals surface area (Å²) >= 11 is 5.95. The first-order chi connectivity index (χ1) is 17.1. The van der Waals surface area contributed by atoms with Gasteiger partial charge < -0.3 is 14.1 Å². The number of hydrogen-bond acceptors (Lipinski definition) is 5. The van der Waals surface area contributed by atoms with Gasteiger partial charge in [-0.15, -0.1) is 10.2 Å². The second-order valence-electron chi connectivity index (χ2n) is 8.38. The molecule has 1 fully saturated rings. The van der Waals surface area contributed by atoms with Crippen molar-refractivity contribution in [3.8, 4) is 17.2 Å². The minimum atomic E-state index is -0.0804. The zero-order chi connectivity index (χ0) is 24.0. The van der Waals surface area contributed by atoms with Crippen LogP contribution in [0.3, 0.4) is 0 Å². The molecule has 0 bridgehead atoms. The van der Waals surface area contributed by atoms with Gasteiger partial charge in [0, 0.05) is 22.7 Å². The molecule has 1 amide bonds. The van der Waals surface area contributed by atoms with Gasteiger partial charge in [0.05, 0.1) is 6.54 Å². The summed E-state index contributed by atoms with van der Waals surface area (Å²) in [6.45, 7) is 0.793. The lowest BCUT2D eigenvalue weighted by atomic mass is 10.2. The first-order valence-electron chi connectivity index (χ1n) is 11.5. The Morgan fingerprint density at radius 3 is 2.46 bits per heavy atom. The molecule has 5 rings (SSSR count). The van der Waals surface area contributed by atoms with Gasteiger partial charge in [-0.3, -0.25) is 4.79 Å². The van der Waals surface area contributed by atoms with Gasteiger partial charge in [0.1, 0.15) is 12.4 Å². The molecule has 0 unspecified atom stereocenters. The highest BCUT2D eigenvalue weighted by Crippen LogP contribution is 2.29. The Hall–Kier alpha value is -3.90. The van der Waals surface area contributed by atoms with Crippen LogP contribution in [0.25, 0.3) is 17.5 Å². The van der Waals surface area contributed by atoms with E-state index in [1.165, 1.54) is 0 Å². The van der Waals surface area contributed by atoms with Crippen LogP contribution in [-0.2, 0) is 17.9 Å². The predicted molar refractivity (Wildman–Crippen MR) is 135 cm³/mol. The van der Waals surface area contributed by atoms with Crippen LogP contribution in [0, 0.1) is 0 Å². The summed E-state index contributed by atoms with van der Waals surface area (Å²) in [7, 11) is 0. The number of carbonyl (C=O) groups excluding carboxylic acids is 1. The normalized spacial score (nSPS) is 13.2. The second-order valence-corrected chi connectivity index (χ2v) is 8.82. The van der Waals surface area contributed by atoms with Gasteiger partial charge in [-0.2, -0.15) is 0 Å². The lowest BCUT2D eigenvalue weighted by molar-refractivity contribution is -0.127. The van der Waals surface area contributed by atoms with E-state index in [0.29, 0.717) is 23.4 Å². The molecule has 176 valence electrons. The van der Waals surface area contributed by atoms with Gasteiger partial charge in [0.2, 0.25) is 17.7 Å². The van der Waals surface area contributed by atoms with E-state index in [0.717, 1.165) is 35.3 Å². The van der Waals surface area contributed by atoms with Crippen molar-refractivity contribution in [2.24, 2.45) is 0 Å². The van der Waals surface area contributed by atoms with Gasteiger partial charge in [0.25, 0.3) is 0 Å². The van der Waals surface area contributed by atoms with Crippen LogP contribution in [-0.4, -0.2) is 27.0 Å². The molecular weight excluding hydrogens is 462 g/mol. The lowest BCUT2D eigenvalue weighted by Gasteiger charge is -2.18. The Bertz CT molecular complexity index is 1300. The van der Waals surface area contributed by atoms with E-state index < -0.39 is 0 Å². The molecule has 1 aromatic heterocycles. The highest BCUT2D eigenvalue weighted by molar-refractivity contribution is 6.30. The number of rotatable bonds is 9. The van der Waals surface area contributed by atoms with Crippen LogP contribution in [0.1, 0.15) is 29.9 Å². The monoisotopic (exact) mass is 485 g/mol. The van der Waals surface area contributed by atoms with Gasteiger partial charge in [-0.25, -0.2) is 0 Å². The lowest BCUT2D eigenvalue weighted by Crippen LogP contribution is -2.31. The molecule has 0 spiro atoms. The Balaban J connectivity index is 1.19. The number of ether oxygens (including phenoxy) is 1. The fourth-order valence-corrected chi connectivity index (χ4v) is 3.75. The van der Waals surface area contributed by atoms with Gasteiger partial charge in [0.15, 0.2) is 0 Å². The van der Waals surface area contributed by atoms with E-state index in [-0.39, 0.29) is 18.5 Å². The van der Waals surface area contributed by atoms with Crippen molar-refractivity contribution in [1.29, 1.82) is 0 Å². The molecule has 0 aliphatic heterocycles. The number of amides is 1. The number of aromatic nitrogens is 2. The minimum Gasteiger partial charge on any atom is -0.489 e. The number of nitrogens with zero attached hydrogens (tertiary/aromatic N) is 3. The molecule has 3 aromatic carbocycles. The molecule has 1 saturated carbocycles. The van der Waals surface area contributed by atoms with E-state index in [2.05, 4.69) is 10.2 Å². The van der Waals surface area contributed by atoms with E-state index in [4.69, 9.17) is 20.8 Å². The SMILES string of the molecule is O=C(/C=C/c1ccc(OCc2ccccc2)cc1)N(Cc1nnc(-c2ccc(Cl)cc2)o1)C1CC1. The highest BCUT2D eigenvalue weighted by atomic mass is 35.5. The van der Waals surface area contributed by atoms with Crippen molar-refractivity contribution in [3.05, 3.63) is 107 Å². The molecule has 4 aromatic rings. The largest absolute Gasteiger partial charge is 0.489 e. The van der Waals surface area contributed by atoms with E-state index in [9.17, 15) is 4.79 Å². The average molecular weight is 486 g/mol. The summed E-state index contributed by atoms with van der Waals surface area (Å²) in [4.78, 5) is 14.7. The zero-order valence-electron chi connectivity index (χ0n) is 19.0. The predicted octanol–water partition coefficient (Wildman–Crippen LogP) is 6.17. The standard InChI is InChI=1S/C28H24ClN3O3/c29-23-11-9-22(10-12-23)28-31-30-26(35-28)18-32(24-13-14-24)27(33)17-8-20-6-15-25(16-7-20)34-19-21-4-2-1-3-5-21/h1-12,15-17,24H,13-14,18-19H2/b17-8+. The average Bonchev–Trinajstić information content (AvgIpc) is 3.63. The third kappa shape index (κ3) is 6.16. The van der Waals surface area contributed by atoms with Crippen LogP contribution in [0.2, 0.25) is 5.02 Å². The maximum atomic E-state index is 13.0. The second kappa shape index (κ2) is 10.6. The fraction of sp³-hybridized carbons (Fsp3) is 0.179. The first-order valence-corrected chi connectivity index (χ1v) is 11.9. The van der Waals surface area contributed by atoms with E-state index in [1.54, 1.807) is 23.1 Å². The summed E-state index contributed by atoms with van der Waals surface area (Å²) in [5.74, 6) is 1.52. The van der Waals surface area contributed by atoms with Crippen LogP contribution in [0.4, 0.5) is 0 Å². The van der Waals surface area contributed by atoms with Crippen LogP contribution in [0.5, 0.6) is 5.75 Å². The van der Waals surface area contributed by atoms with Crippen molar-refractivity contribution in [2.45, 2.75) is 32.0 Å². The quantitative estimate of drug-likeness (QED) is 0.265. The molecule has 0 N–H and O–H groups in total. The Morgan fingerprint density at radius 2 is 1.74 bits per heavy atom. The van der Waals surface area contributed by atoms with Gasteiger partial charge in [-0.05, 0) is 66.4 Å². The first kappa shape index (κ1) is 22.9. The summed E-state index contributed by atoms with van der Waals surface area (Å²) in [6, 6.07) is 25.1. The molecule has 1 heterocycles. The molecule has 7 heteroatoms. The smallest absolute Gasteiger partial charge is 0.247 e. The molecule has 0 atom stereocenters. The molecule has 1 aliphatic carbocycles. The fourth-order valence-electron chi connectivity index (χ4n) is 3.62. The molecule has 0 saturated heterocycles. The Labute approximate surface area is 208 Å². The van der Waals surface area contributed by atoms with E-state index in [1.807, 2.05) is 72.8 Å². The molecule has 35 heavy (non-hydrogen) atoms. The zero-order valence-corrected chi connectivity index (χ0v) is 19.8. The topological polar surface area (TPSA) is 68.5 Å². The number of carbonyl (C=O) groups is 1. The number of halogens is 1. The Kier molecular flexibility index (Phi) is 6.91. The minimum absolute atomic E-state index is 0.0804. The van der Waals surface area contributed by atoms with Crippen molar-refractivity contribution < 1.29 is 13.9 Å². The molecule has 6 nitrogen and oxygen atoms in total. The van der Waals surface area contributed by atoms with Gasteiger partial charge in [-0.1, -0.05) is 54.1 Å². The van der Waals surface area contributed by atoms with Gasteiger partial charge >= 0.3 is 0 Å². The third-order valence-electron chi connectivity index (χ3n) is 5.68. The maximum absolute atomic E-state index is 13.0. The van der Waals surface area contributed by atoms with Crippen LogP contribution < -0.4 is 4.74 Å². The Morgan fingerprint density at radius 1 is 1.00 bits per heavy atom. The maximum Gasteiger partial charge on any atom is 0.247 e. The van der Waals surface area contributed by atoms with Crippen LogP contribution in [0.15, 0.2) is 89.4 Å². The summed E-state index contributed by atoms with van der Waals surface area (Å²) < 4.78 is 11.6. The summed E-state index contributed by atoms with van der Waals surface area (Å²) in [5, 5.41) is 8.89. The number of benzene rings is 3. The summed E-state index contributed by atoms with van der Waals surface area (Å²) in [5.41, 5.74) is 2.82. The molecular formula is C28H24ClN3O3.